The average Bonchev–Trinajstić information content (AvgIpc) is 2.21. The lowest BCUT2D eigenvalue weighted by Crippen LogP contribution is -2.58. The normalized spacial score (nSPS) is 15.6. The first-order valence-electron chi connectivity index (χ1n) is 6.55. The molecule has 0 bridgehead atoms. The average molecular weight is 363 g/mol. The van der Waals surface area contributed by atoms with Gasteiger partial charge in [-0.25, -0.2) is 13.6 Å². The molecule has 4 nitrogen and oxygen atoms in total. The van der Waals surface area contributed by atoms with Crippen molar-refractivity contribution in [1.29, 1.82) is 0 Å². The van der Waals surface area contributed by atoms with Gasteiger partial charge in [-0.3, -0.25) is 0 Å². The summed E-state index contributed by atoms with van der Waals surface area (Å²) in [6.45, 7) is 6.06. The highest BCUT2D eigenvalue weighted by Crippen LogP contribution is 2.26. The van der Waals surface area contributed by atoms with Gasteiger partial charge in [0.15, 0.2) is 0 Å². The number of anilines is 1. The van der Waals surface area contributed by atoms with Crippen molar-refractivity contribution in [3.8, 4) is 0 Å². The highest BCUT2D eigenvalue weighted by Gasteiger charge is 2.34. The smallest absolute Gasteiger partial charge is 0.410 e. The Balaban J connectivity index is 1.90. The Labute approximate surface area is 130 Å². The van der Waals surface area contributed by atoms with E-state index >= 15 is 0 Å². The SMILES string of the molecule is CC(C)(C)OC(=O)N1CC(Nc2c(F)cc(Br)cc2F)C1. The molecule has 1 saturated heterocycles. The minimum absolute atomic E-state index is 0.174. The number of halogens is 3. The fraction of sp³-hybridized carbons (Fsp3) is 0.500. The van der Waals surface area contributed by atoms with Crippen molar-refractivity contribution < 1.29 is 18.3 Å². The van der Waals surface area contributed by atoms with Gasteiger partial charge in [0.1, 0.15) is 22.9 Å². The van der Waals surface area contributed by atoms with E-state index in [-0.39, 0.29) is 11.7 Å². The van der Waals surface area contributed by atoms with Crippen LogP contribution in [0.15, 0.2) is 16.6 Å². The largest absolute Gasteiger partial charge is 0.444 e. The molecule has 21 heavy (non-hydrogen) atoms. The molecule has 1 aliphatic heterocycles. The standard InChI is InChI=1S/C14H17BrF2N2O2/c1-14(2,3)21-13(20)19-6-9(7-19)18-12-10(16)4-8(15)5-11(12)17/h4-5,9,18H,6-7H2,1-3H3. The first-order chi connectivity index (χ1) is 9.65. The summed E-state index contributed by atoms with van der Waals surface area (Å²) in [6, 6.07) is 2.19. The number of ether oxygens (including phenoxy) is 1. The second-order valence-corrected chi connectivity index (χ2v) is 6.89. The summed E-state index contributed by atoms with van der Waals surface area (Å²) in [5, 5.41) is 2.77. The zero-order valence-corrected chi connectivity index (χ0v) is 13.6. The van der Waals surface area contributed by atoms with Crippen LogP contribution < -0.4 is 5.32 Å². The zero-order chi connectivity index (χ0) is 15.8. The fourth-order valence-electron chi connectivity index (χ4n) is 1.93. The number of hydrogen-bond donors (Lipinski definition) is 1. The highest BCUT2D eigenvalue weighted by atomic mass is 79.9. The molecule has 7 heteroatoms. The summed E-state index contributed by atoms with van der Waals surface area (Å²) < 4.78 is 32.9. The molecule has 1 aliphatic rings. The summed E-state index contributed by atoms with van der Waals surface area (Å²) in [5.74, 6) is -1.34. The van der Waals surface area contributed by atoms with Crippen LogP contribution >= 0.6 is 15.9 Å². The van der Waals surface area contributed by atoms with Gasteiger partial charge in [-0.2, -0.15) is 0 Å². The molecule has 0 aromatic heterocycles. The Morgan fingerprint density at radius 2 is 1.86 bits per heavy atom. The molecule has 1 aromatic carbocycles. The van der Waals surface area contributed by atoms with Gasteiger partial charge in [-0.15, -0.1) is 0 Å². The summed E-state index contributed by atoms with van der Waals surface area (Å²) in [6.07, 6.45) is -0.419. The van der Waals surface area contributed by atoms with Gasteiger partial charge in [0.05, 0.1) is 6.04 Å². The van der Waals surface area contributed by atoms with E-state index in [1.165, 1.54) is 17.0 Å². The number of hydrogen-bond acceptors (Lipinski definition) is 3. The Morgan fingerprint density at radius 3 is 2.33 bits per heavy atom. The van der Waals surface area contributed by atoms with E-state index in [0.29, 0.717) is 17.6 Å². The summed E-state index contributed by atoms with van der Waals surface area (Å²) in [4.78, 5) is 13.2. The molecular weight excluding hydrogens is 346 g/mol. The molecule has 1 N–H and O–H groups in total. The van der Waals surface area contributed by atoms with Gasteiger partial charge < -0.3 is 15.0 Å². The molecule has 116 valence electrons. The Bertz CT molecular complexity index is 531. The lowest BCUT2D eigenvalue weighted by molar-refractivity contribution is 0.0104. The molecule has 1 fully saturated rings. The maximum Gasteiger partial charge on any atom is 0.410 e. The van der Waals surface area contributed by atoms with E-state index in [1.54, 1.807) is 20.8 Å². The molecule has 0 radical (unpaired) electrons. The van der Waals surface area contributed by atoms with Crippen LogP contribution in [0.1, 0.15) is 20.8 Å². The number of nitrogens with zero attached hydrogens (tertiary/aromatic N) is 1. The van der Waals surface area contributed by atoms with E-state index in [0.717, 1.165) is 0 Å². The van der Waals surface area contributed by atoms with Gasteiger partial charge >= 0.3 is 6.09 Å². The van der Waals surface area contributed by atoms with Crippen molar-refractivity contribution >= 4 is 27.7 Å². The number of likely N-dealkylation sites (tertiary alicyclic amines) is 1. The molecule has 0 unspecified atom stereocenters. The summed E-state index contributed by atoms with van der Waals surface area (Å²) >= 11 is 3.02. The number of benzene rings is 1. The lowest BCUT2D eigenvalue weighted by Gasteiger charge is -2.40. The zero-order valence-electron chi connectivity index (χ0n) is 12.0. The van der Waals surface area contributed by atoms with Crippen molar-refractivity contribution in [2.75, 3.05) is 18.4 Å². The van der Waals surface area contributed by atoms with Gasteiger partial charge in [-0.05, 0) is 32.9 Å². The maximum atomic E-state index is 13.7. The third kappa shape index (κ3) is 4.06. The van der Waals surface area contributed by atoms with E-state index in [2.05, 4.69) is 21.2 Å². The van der Waals surface area contributed by atoms with E-state index in [1.807, 2.05) is 0 Å². The van der Waals surface area contributed by atoms with Crippen LogP contribution in [0.2, 0.25) is 0 Å². The van der Waals surface area contributed by atoms with Crippen LogP contribution in [0.25, 0.3) is 0 Å². The molecule has 0 atom stereocenters. The second kappa shape index (κ2) is 5.79. The molecule has 2 rings (SSSR count). The van der Waals surface area contributed by atoms with Crippen molar-refractivity contribution in [3.05, 3.63) is 28.2 Å². The van der Waals surface area contributed by atoms with Crippen molar-refractivity contribution in [2.24, 2.45) is 0 Å². The third-order valence-electron chi connectivity index (χ3n) is 2.89. The first kappa shape index (κ1) is 16.0. The minimum Gasteiger partial charge on any atom is -0.444 e. The van der Waals surface area contributed by atoms with E-state index in [4.69, 9.17) is 4.74 Å². The molecule has 1 aromatic rings. The van der Waals surface area contributed by atoms with Crippen LogP contribution in [0.5, 0.6) is 0 Å². The highest BCUT2D eigenvalue weighted by molar-refractivity contribution is 9.10. The van der Waals surface area contributed by atoms with Crippen LogP contribution in [-0.2, 0) is 4.74 Å². The topological polar surface area (TPSA) is 41.6 Å². The van der Waals surface area contributed by atoms with E-state index < -0.39 is 23.3 Å². The number of rotatable bonds is 2. The summed E-state index contributed by atoms with van der Waals surface area (Å²) in [7, 11) is 0. The van der Waals surface area contributed by atoms with Crippen LogP contribution in [0.4, 0.5) is 19.3 Å². The van der Waals surface area contributed by atoms with Gasteiger partial charge in [0.2, 0.25) is 0 Å². The number of carbonyl (C=O) groups excluding carboxylic acids is 1. The minimum atomic E-state index is -0.669. The Morgan fingerprint density at radius 1 is 1.33 bits per heavy atom. The van der Waals surface area contributed by atoms with Gasteiger partial charge in [-0.1, -0.05) is 15.9 Å². The van der Waals surface area contributed by atoms with Crippen LogP contribution in [-0.4, -0.2) is 35.7 Å². The fourth-order valence-corrected chi connectivity index (χ4v) is 2.33. The number of carbonyl (C=O) groups is 1. The second-order valence-electron chi connectivity index (χ2n) is 5.97. The number of nitrogens with one attached hydrogen (secondary N) is 1. The quantitative estimate of drug-likeness (QED) is 0.870. The van der Waals surface area contributed by atoms with E-state index in [9.17, 15) is 13.6 Å². The van der Waals surface area contributed by atoms with Crippen molar-refractivity contribution in [2.45, 2.75) is 32.4 Å². The third-order valence-corrected chi connectivity index (χ3v) is 3.35. The maximum absolute atomic E-state index is 13.7. The predicted octanol–water partition coefficient (Wildman–Crippen LogP) is 3.76. The molecule has 0 saturated carbocycles. The molecule has 1 heterocycles. The Kier molecular flexibility index (Phi) is 4.41. The molecular formula is C14H17BrF2N2O2. The van der Waals surface area contributed by atoms with Crippen molar-refractivity contribution in [3.63, 3.8) is 0 Å². The molecule has 0 spiro atoms. The number of amides is 1. The van der Waals surface area contributed by atoms with Crippen LogP contribution in [0, 0.1) is 11.6 Å². The molecule has 0 aliphatic carbocycles. The first-order valence-corrected chi connectivity index (χ1v) is 7.34. The van der Waals surface area contributed by atoms with Crippen molar-refractivity contribution in [1.82, 2.24) is 4.90 Å². The Hall–Kier alpha value is -1.37. The van der Waals surface area contributed by atoms with Gasteiger partial charge in [0, 0.05) is 17.6 Å². The van der Waals surface area contributed by atoms with Gasteiger partial charge in [0.25, 0.3) is 0 Å². The summed E-state index contributed by atoms with van der Waals surface area (Å²) in [5.41, 5.74) is -0.730. The predicted molar refractivity (Wildman–Crippen MR) is 79.3 cm³/mol. The monoisotopic (exact) mass is 362 g/mol. The molecule has 1 amide bonds. The van der Waals surface area contributed by atoms with Crippen LogP contribution in [0.3, 0.4) is 0 Å². The lowest BCUT2D eigenvalue weighted by atomic mass is 10.1.